The third kappa shape index (κ3) is 3.95. The Balaban J connectivity index is 1.56. The van der Waals surface area contributed by atoms with Crippen LogP contribution >= 0.6 is 24.0 Å². The van der Waals surface area contributed by atoms with Crippen LogP contribution in [0.2, 0.25) is 0 Å². The highest BCUT2D eigenvalue weighted by Crippen LogP contribution is 2.34. The predicted molar refractivity (Wildman–Crippen MR) is 136 cm³/mol. The third-order valence-electron chi connectivity index (χ3n) is 5.44. The van der Waals surface area contributed by atoms with Gasteiger partial charge < -0.3 is 14.8 Å². The number of aromatic nitrogens is 2. The van der Waals surface area contributed by atoms with Gasteiger partial charge in [0.1, 0.15) is 15.8 Å². The van der Waals surface area contributed by atoms with Crippen LogP contribution < -0.4 is 20.3 Å². The van der Waals surface area contributed by atoms with Crippen molar-refractivity contribution in [1.29, 1.82) is 0 Å². The smallest absolute Gasteiger partial charge is 0.267 e. The summed E-state index contributed by atoms with van der Waals surface area (Å²) in [4.78, 5) is 32.9. The number of aryl methyl sites for hydroxylation is 1. The molecule has 10 heteroatoms. The lowest BCUT2D eigenvalue weighted by Crippen LogP contribution is -2.28. The van der Waals surface area contributed by atoms with E-state index in [1.807, 2.05) is 31.2 Å². The molecule has 3 aromatic rings. The highest BCUT2D eigenvalue weighted by molar-refractivity contribution is 8.26. The number of thioether (sulfide) groups is 1. The number of ether oxygens (including phenoxy) is 2. The van der Waals surface area contributed by atoms with Gasteiger partial charge in [-0.1, -0.05) is 42.2 Å². The number of benzene rings is 1. The maximum absolute atomic E-state index is 13.5. The number of fused-ring (bicyclic) bond motifs is 2. The Bertz CT molecular complexity index is 1450. The van der Waals surface area contributed by atoms with Crippen LogP contribution in [-0.4, -0.2) is 37.8 Å². The fourth-order valence-corrected chi connectivity index (χ4v) is 4.99. The van der Waals surface area contributed by atoms with E-state index in [1.165, 1.54) is 9.30 Å². The third-order valence-corrected chi connectivity index (χ3v) is 6.82. The van der Waals surface area contributed by atoms with Gasteiger partial charge in [0.05, 0.1) is 10.5 Å². The van der Waals surface area contributed by atoms with Crippen molar-refractivity contribution < 1.29 is 14.3 Å². The second-order valence-electron chi connectivity index (χ2n) is 7.69. The molecule has 2 aromatic heterocycles. The molecule has 0 radical (unpaired) electrons. The van der Waals surface area contributed by atoms with Crippen molar-refractivity contribution in [2.45, 2.75) is 13.5 Å². The van der Waals surface area contributed by atoms with Crippen LogP contribution in [-0.2, 0) is 11.3 Å². The first kappa shape index (κ1) is 22.2. The molecule has 0 unspecified atom stereocenters. The van der Waals surface area contributed by atoms with Gasteiger partial charge in [-0.2, -0.15) is 0 Å². The molecule has 4 heterocycles. The topological polar surface area (TPSA) is 85.2 Å². The molecule has 0 bridgehead atoms. The summed E-state index contributed by atoms with van der Waals surface area (Å²) in [5, 5.41) is 3.27. The van der Waals surface area contributed by atoms with Gasteiger partial charge >= 0.3 is 0 Å². The van der Waals surface area contributed by atoms with Crippen LogP contribution in [0, 0.1) is 6.92 Å². The largest absolute Gasteiger partial charge is 0.454 e. The first-order valence-electron chi connectivity index (χ1n) is 10.5. The summed E-state index contributed by atoms with van der Waals surface area (Å²) in [6.45, 7) is 6.47. The summed E-state index contributed by atoms with van der Waals surface area (Å²) in [5.41, 5.74) is 2.32. The van der Waals surface area contributed by atoms with Gasteiger partial charge in [0.2, 0.25) is 6.79 Å². The van der Waals surface area contributed by atoms with Crippen molar-refractivity contribution in [2.24, 2.45) is 0 Å². The Hall–Kier alpha value is -3.63. The Morgan fingerprint density at radius 1 is 1.26 bits per heavy atom. The summed E-state index contributed by atoms with van der Waals surface area (Å²) >= 11 is 6.49. The van der Waals surface area contributed by atoms with E-state index in [4.69, 9.17) is 26.7 Å². The average Bonchev–Trinajstić information content (AvgIpc) is 3.40. The number of thiocarbonyl (C=S) groups is 1. The van der Waals surface area contributed by atoms with Crippen molar-refractivity contribution in [3.63, 3.8) is 0 Å². The minimum Gasteiger partial charge on any atom is -0.454 e. The zero-order chi connectivity index (χ0) is 23.8. The molecule has 2 aliphatic heterocycles. The van der Waals surface area contributed by atoms with E-state index in [2.05, 4.69) is 11.9 Å². The molecule has 5 rings (SSSR count). The van der Waals surface area contributed by atoms with E-state index in [1.54, 1.807) is 24.4 Å². The normalized spacial score (nSPS) is 16.0. The molecule has 1 N–H and O–H groups in total. The lowest BCUT2D eigenvalue weighted by Gasteiger charge is -2.13. The number of nitrogens with zero attached hydrogens (tertiary/aromatic N) is 3. The first-order valence-corrected chi connectivity index (χ1v) is 11.7. The molecule has 0 aliphatic carbocycles. The average molecular weight is 493 g/mol. The quantitative estimate of drug-likeness (QED) is 0.317. The Morgan fingerprint density at radius 2 is 2.09 bits per heavy atom. The zero-order valence-corrected chi connectivity index (χ0v) is 19.9. The van der Waals surface area contributed by atoms with Gasteiger partial charge in [-0.3, -0.25) is 18.9 Å². The number of pyridine rings is 1. The number of carbonyl (C=O) groups is 1. The molecule has 0 saturated carbocycles. The van der Waals surface area contributed by atoms with Crippen LogP contribution in [0.15, 0.2) is 58.9 Å². The molecule has 1 amide bonds. The van der Waals surface area contributed by atoms with E-state index >= 15 is 0 Å². The van der Waals surface area contributed by atoms with Gasteiger partial charge in [0.25, 0.3) is 11.5 Å². The van der Waals surface area contributed by atoms with E-state index in [0.29, 0.717) is 45.3 Å². The minimum absolute atomic E-state index is 0.197. The minimum atomic E-state index is -0.282. The molecule has 1 aromatic carbocycles. The maximum Gasteiger partial charge on any atom is 0.267 e. The van der Waals surface area contributed by atoms with Crippen molar-refractivity contribution in [2.75, 3.05) is 18.7 Å². The van der Waals surface area contributed by atoms with Crippen LogP contribution in [0.1, 0.15) is 16.7 Å². The fraction of sp³-hybridized carbons (Fsp3) is 0.167. The lowest BCUT2D eigenvalue weighted by molar-refractivity contribution is -0.121. The molecular formula is C24H20N4O4S2. The van der Waals surface area contributed by atoms with Crippen LogP contribution in [0.4, 0.5) is 5.82 Å². The maximum atomic E-state index is 13.5. The first-order chi connectivity index (χ1) is 16.5. The Labute approximate surface area is 204 Å². The number of hydrogen-bond acceptors (Lipinski definition) is 8. The second-order valence-corrected chi connectivity index (χ2v) is 9.36. The van der Waals surface area contributed by atoms with Gasteiger partial charge in [0, 0.05) is 19.3 Å². The molecule has 0 atom stereocenters. The zero-order valence-electron chi connectivity index (χ0n) is 18.2. The molecule has 1 saturated heterocycles. The number of carbonyl (C=O) groups excluding carboxylic acids is 1. The van der Waals surface area contributed by atoms with Crippen LogP contribution in [0.3, 0.4) is 0 Å². The summed E-state index contributed by atoms with van der Waals surface area (Å²) in [6, 6.07) is 9.33. The molecule has 34 heavy (non-hydrogen) atoms. The summed E-state index contributed by atoms with van der Waals surface area (Å²) < 4.78 is 12.7. The SMILES string of the molecule is C=CCN1C(=O)C(=Cc2c(NCc3ccc4c(c3)OCO4)nc3c(C)cccn3c2=O)SC1=S. The highest BCUT2D eigenvalue weighted by atomic mass is 32.2. The van der Waals surface area contributed by atoms with Crippen molar-refractivity contribution >= 4 is 51.7 Å². The standard InChI is InChI=1S/C24H20N4O4S2/c1-3-8-28-23(30)19(34-24(28)33)11-16-20(26-21-14(2)5-4-9-27(21)22(16)29)25-12-15-6-7-17-18(10-15)32-13-31-17/h3-7,9-11,25H,1,8,12-13H2,2H3. The Kier molecular flexibility index (Phi) is 5.84. The number of nitrogens with one attached hydrogen (secondary N) is 1. The molecule has 2 aliphatic rings. The molecule has 1 fully saturated rings. The monoisotopic (exact) mass is 492 g/mol. The molecular weight excluding hydrogens is 472 g/mol. The van der Waals surface area contributed by atoms with Crippen LogP contribution in [0.25, 0.3) is 11.7 Å². The van der Waals surface area contributed by atoms with E-state index in [9.17, 15) is 9.59 Å². The van der Waals surface area contributed by atoms with Gasteiger partial charge in [-0.25, -0.2) is 4.98 Å². The number of rotatable bonds is 6. The van der Waals surface area contributed by atoms with E-state index < -0.39 is 0 Å². The molecule has 8 nitrogen and oxygen atoms in total. The van der Waals surface area contributed by atoms with Gasteiger partial charge in [0.15, 0.2) is 11.5 Å². The predicted octanol–water partition coefficient (Wildman–Crippen LogP) is 3.73. The Morgan fingerprint density at radius 3 is 2.91 bits per heavy atom. The number of anilines is 1. The van der Waals surface area contributed by atoms with Crippen molar-refractivity contribution in [1.82, 2.24) is 14.3 Å². The van der Waals surface area contributed by atoms with Crippen molar-refractivity contribution in [3.8, 4) is 11.5 Å². The summed E-state index contributed by atoms with van der Waals surface area (Å²) in [6.07, 6.45) is 4.84. The van der Waals surface area contributed by atoms with E-state index in [-0.39, 0.29) is 23.8 Å². The second kappa shape index (κ2) is 8.96. The highest BCUT2D eigenvalue weighted by Gasteiger charge is 2.31. The van der Waals surface area contributed by atoms with Crippen molar-refractivity contribution in [3.05, 3.63) is 81.1 Å². The van der Waals surface area contributed by atoms with Gasteiger partial charge in [-0.15, -0.1) is 6.58 Å². The molecule has 0 spiro atoms. The fourth-order valence-electron chi connectivity index (χ4n) is 3.73. The van der Waals surface area contributed by atoms with E-state index in [0.717, 1.165) is 22.9 Å². The molecule has 172 valence electrons. The number of amides is 1. The van der Waals surface area contributed by atoms with Gasteiger partial charge in [-0.05, 0) is 42.3 Å². The number of hydrogen-bond donors (Lipinski definition) is 1. The summed E-state index contributed by atoms with van der Waals surface area (Å²) in [7, 11) is 0. The summed E-state index contributed by atoms with van der Waals surface area (Å²) in [5.74, 6) is 1.49. The van der Waals surface area contributed by atoms with Crippen LogP contribution in [0.5, 0.6) is 11.5 Å². The lowest BCUT2D eigenvalue weighted by atomic mass is 10.2.